The molecule has 35 heavy (non-hydrogen) atoms. The Morgan fingerprint density at radius 1 is 1.09 bits per heavy atom. The topological polar surface area (TPSA) is 86.8 Å². The van der Waals surface area contributed by atoms with Crippen LogP contribution in [0.4, 0.5) is 14.7 Å². The lowest BCUT2D eigenvalue weighted by Crippen LogP contribution is -2.62. The quantitative estimate of drug-likeness (QED) is 0.548. The van der Waals surface area contributed by atoms with E-state index in [4.69, 9.17) is 16.9 Å². The Hall–Kier alpha value is -3.16. The van der Waals surface area contributed by atoms with Crippen LogP contribution in [-0.2, 0) is 13.1 Å². The third-order valence-electron chi connectivity index (χ3n) is 7.81. The first-order valence-corrected chi connectivity index (χ1v) is 12.0. The van der Waals surface area contributed by atoms with E-state index in [1.807, 2.05) is 18.2 Å². The number of fused-ring (bicyclic) bond motifs is 3. The van der Waals surface area contributed by atoms with Crippen LogP contribution in [0.3, 0.4) is 0 Å². The zero-order chi connectivity index (χ0) is 23.9. The summed E-state index contributed by atoms with van der Waals surface area (Å²) in [6.45, 7) is 2.42. The van der Waals surface area contributed by atoms with E-state index in [2.05, 4.69) is 35.7 Å². The van der Waals surface area contributed by atoms with Gasteiger partial charge in [-0.05, 0) is 42.7 Å². The van der Waals surface area contributed by atoms with Crippen molar-refractivity contribution in [3.63, 3.8) is 0 Å². The predicted octanol–water partition coefficient (Wildman–Crippen LogP) is 3.69. The van der Waals surface area contributed by atoms with E-state index in [0.717, 1.165) is 43.0 Å². The molecule has 1 aromatic carbocycles. The minimum Gasteiger partial charge on any atom is -0.340 e. The highest BCUT2D eigenvalue weighted by molar-refractivity contribution is 6.30. The van der Waals surface area contributed by atoms with Crippen LogP contribution in [0.15, 0.2) is 30.5 Å². The molecule has 3 aromatic rings. The first kappa shape index (κ1) is 21.1. The first-order chi connectivity index (χ1) is 16.8. The first-order valence-electron chi connectivity index (χ1n) is 11.7. The van der Waals surface area contributed by atoms with Gasteiger partial charge < -0.3 is 4.90 Å². The van der Waals surface area contributed by atoms with Crippen molar-refractivity contribution < 1.29 is 8.78 Å². The van der Waals surface area contributed by atoms with Crippen molar-refractivity contribution >= 4 is 17.5 Å². The second kappa shape index (κ2) is 7.18. The van der Waals surface area contributed by atoms with Gasteiger partial charge in [0.05, 0.1) is 18.3 Å². The van der Waals surface area contributed by atoms with E-state index in [0.29, 0.717) is 35.6 Å². The molecule has 2 aliphatic carbocycles. The number of aromatic nitrogens is 5. The maximum atomic E-state index is 13.9. The summed E-state index contributed by atoms with van der Waals surface area (Å²) in [7, 11) is 0. The molecule has 1 spiro atoms. The molecule has 2 aromatic heterocycles. The van der Waals surface area contributed by atoms with Crippen molar-refractivity contribution in [1.29, 1.82) is 5.26 Å². The van der Waals surface area contributed by atoms with Gasteiger partial charge in [-0.3, -0.25) is 9.47 Å². The number of benzene rings is 1. The fourth-order valence-corrected chi connectivity index (χ4v) is 6.22. The summed E-state index contributed by atoms with van der Waals surface area (Å²) in [5.41, 5.74) is 2.39. The summed E-state index contributed by atoms with van der Waals surface area (Å²) in [6, 6.07) is 8.54. The van der Waals surface area contributed by atoms with E-state index in [1.54, 1.807) is 17.2 Å². The Labute approximate surface area is 205 Å². The van der Waals surface area contributed by atoms with E-state index in [9.17, 15) is 8.78 Å². The van der Waals surface area contributed by atoms with Gasteiger partial charge in [0.25, 0.3) is 5.92 Å². The lowest BCUT2D eigenvalue weighted by molar-refractivity contribution is 0.0573. The lowest BCUT2D eigenvalue weighted by atomic mass is 9.57. The molecule has 0 amide bonds. The second-order valence-corrected chi connectivity index (χ2v) is 10.7. The fourth-order valence-electron chi connectivity index (χ4n) is 6.02. The molecule has 2 aliphatic heterocycles. The van der Waals surface area contributed by atoms with Gasteiger partial charge in [-0.25, -0.2) is 18.7 Å². The van der Waals surface area contributed by atoms with Crippen LogP contribution in [0.5, 0.6) is 0 Å². The molecular formula is C24H21ClF2N8. The highest BCUT2D eigenvalue weighted by Gasteiger charge is 2.60. The largest absolute Gasteiger partial charge is 0.340 e. The van der Waals surface area contributed by atoms with Gasteiger partial charge in [0.1, 0.15) is 17.6 Å². The maximum absolute atomic E-state index is 13.9. The van der Waals surface area contributed by atoms with Crippen LogP contribution in [0.25, 0.3) is 5.69 Å². The Morgan fingerprint density at radius 2 is 1.89 bits per heavy atom. The maximum Gasteiger partial charge on any atom is 0.265 e. The Balaban J connectivity index is 1.14. The molecule has 11 heteroatoms. The molecule has 0 bridgehead atoms. The Kier molecular flexibility index (Phi) is 4.34. The number of hydrogen-bond acceptors (Lipinski definition) is 7. The van der Waals surface area contributed by atoms with E-state index in [-0.39, 0.29) is 17.8 Å². The van der Waals surface area contributed by atoms with Crippen molar-refractivity contribution in [1.82, 2.24) is 29.6 Å². The van der Waals surface area contributed by atoms with E-state index in [1.165, 1.54) is 0 Å². The van der Waals surface area contributed by atoms with Crippen LogP contribution in [-0.4, -0.2) is 54.7 Å². The second-order valence-electron chi connectivity index (χ2n) is 10.3. The molecule has 1 atom stereocenters. The van der Waals surface area contributed by atoms with Crippen LogP contribution in [0.1, 0.15) is 48.1 Å². The molecular weight excluding hydrogens is 474 g/mol. The van der Waals surface area contributed by atoms with E-state index >= 15 is 0 Å². The summed E-state index contributed by atoms with van der Waals surface area (Å²) in [5.74, 6) is -0.232. The highest BCUT2D eigenvalue weighted by atomic mass is 35.5. The lowest BCUT2D eigenvalue weighted by Gasteiger charge is -2.58. The Morgan fingerprint density at radius 3 is 2.63 bits per heavy atom. The van der Waals surface area contributed by atoms with Crippen molar-refractivity contribution in [2.45, 2.75) is 50.2 Å². The van der Waals surface area contributed by atoms with Crippen LogP contribution in [0.2, 0.25) is 5.02 Å². The smallest absolute Gasteiger partial charge is 0.265 e. The molecule has 178 valence electrons. The van der Waals surface area contributed by atoms with Crippen LogP contribution < -0.4 is 4.90 Å². The number of nitriles is 1. The zero-order valence-corrected chi connectivity index (χ0v) is 19.5. The summed E-state index contributed by atoms with van der Waals surface area (Å²) in [6.07, 6.45) is 3.43. The number of hydrogen-bond donors (Lipinski definition) is 0. The molecule has 4 aliphatic rings. The zero-order valence-electron chi connectivity index (χ0n) is 18.7. The third kappa shape index (κ3) is 3.32. The SMILES string of the molecule is N#Cc1ccnc(N2CC3(CC(c4nnc5n4-c4ccc(Cl)cc4CN(C4CC4(F)F)C5)C3)C2)n1. The monoisotopic (exact) mass is 494 g/mol. The minimum absolute atomic E-state index is 0.119. The van der Waals surface area contributed by atoms with Crippen LogP contribution in [0, 0.1) is 16.7 Å². The number of anilines is 1. The molecule has 8 nitrogen and oxygen atoms in total. The molecule has 0 radical (unpaired) electrons. The molecule has 1 unspecified atom stereocenters. The van der Waals surface area contributed by atoms with Gasteiger partial charge in [-0.1, -0.05) is 11.6 Å². The van der Waals surface area contributed by atoms with Crippen molar-refractivity contribution in [2.75, 3.05) is 18.0 Å². The average molecular weight is 495 g/mol. The van der Waals surface area contributed by atoms with E-state index < -0.39 is 12.0 Å². The Bertz CT molecular complexity index is 1380. The number of halogens is 3. The van der Waals surface area contributed by atoms with Crippen LogP contribution >= 0.6 is 11.6 Å². The molecule has 3 fully saturated rings. The number of alkyl halides is 2. The molecule has 1 saturated heterocycles. The average Bonchev–Trinajstić information content (AvgIpc) is 3.30. The highest BCUT2D eigenvalue weighted by Crippen LogP contribution is 2.56. The summed E-state index contributed by atoms with van der Waals surface area (Å²) < 4.78 is 29.9. The van der Waals surface area contributed by atoms with Gasteiger partial charge in [0, 0.05) is 48.6 Å². The fraction of sp³-hybridized carbons (Fsp3) is 0.458. The van der Waals surface area contributed by atoms with Gasteiger partial charge in [0.15, 0.2) is 5.82 Å². The standard InChI is InChI=1S/C24H21ClF2N8/c25-16-1-2-18-14(5-16)10-33(19-8-24(19,26)27)11-20-31-32-21(35(18)20)15-6-23(7-15)12-34(13-23)22-29-4-3-17(9-28)30-22/h1-5,15,19H,6-8,10-13H2. The summed E-state index contributed by atoms with van der Waals surface area (Å²) in [5, 5.41) is 18.7. The van der Waals surface area contributed by atoms with Gasteiger partial charge >= 0.3 is 0 Å². The molecule has 0 N–H and O–H groups in total. The summed E-state index contributed by atoms with van der Waals surface area (Å²) >= 11 is 6.28. The van der Waals surface area contributed by atoms with Crippen molar-refractivity contribution in [3.05, 3.63) is 58.4 Å². The third-order valence-corrected chi connectivity index (χ3v) is 8.04. The normalized spacial score (nSPS) is 24.1. The van der Waals surface area contributed by atoms with Gasteiger partial charge in [-0.15, -0.1) is 10.2 Å². The minimum atomic E-state index is -2.65. The molecule has 4 heterocycles. The van der Waals surface area contributed by atoms with Crippen molar-refractivity contribution in [3.8, 4) is 11.8 Å². The number of rotatable bonds is 3. The number of nitrogens with zero attached hydrogens (tertiary/aromatic N) is 8. The molecule has 7 rings (SSSR count). The predicted molar refractivity (Wildman–Crippen MR) is 122 cm³/mol. The summed E-state index contributed by atoms with van der Waals surface area (Å²) in [4.78, 5) is 12.5. The molecule has 2 saturated carbocycles. The van der Waals surface area contributed by atoms with Crippen molar-refractivity contribution in [2.24, 2.45) is 5.41 Å². The van der Waals surface area contributed by atoms with Gasteiger partial charge in [0.2, 0.25) is 5.95 Å². The van der Waals surface area contributed by atoms with Gasteiger partial charge in [-0.2, -0.15) is 5.26 Å².